The number of hydrogen-bond acceptors (Lipinski definition) is 2. The Balaban J connectivity index is 2.30. The van der Waals surface area contributed by atoms with Gasteiger partial charge in [-0.1, -0.05) is 42.8 Å². The summed E-state index contributed by atoms with van der Waals surface area (Å²) < 4.78 is 6.05. The van der Waals surface area contributed by atoms with Gasteiger partial charge in [0.1, 0.15) is 0 Å². The number of aliphatic carboxylic acids is 1. The molecular formula is C24H30O3. The van der Waals surface area contributed by atoms with E-state index in [0.29, 0.717) is 0 Å². The van der Waals surface area contributed by atoms with Crippen LogP contribution in [-0.4, -0.2) is 16.7 Å². The van der Waals surface area contributed by atoms with Crippen LogP contribution in [-0.2, 0) is 9.53 Å². The SMILES string of the molecule is Cc1cc2ccccc2c(C2=CCCCCC2)c1C(OC(C)(C)C)C(=O)O. The molecule has 3 nitrogen and oxygen atoms in total. The maximum absolute atomic E-state index is 12.2. The molecule has 0 spiro atoms. The molecule has 0 radical (unpaired) electrons. The molecule has 0 aliphatic heterocycles. The maximum atomic E-state index is 12.2. The molecule has 0 fully saturated rings. The number of fused-ring (bicyclic) bond motifs is 1. The molecule has 27 heavy (non-hydrogen) atoms. The number of carboxylic acid groups (broad SMARTS) is 1. The summed E-state index contributed by atoms with van der Waals surface area (Å²) >= 11 is 0. The average Bonchev–Trinajstić information content (AvgIpc) is 2.87. The summed E-state index contributed by atoms with van der Waals surface area (Å²) in [5.74, 6) is -0.932. The van der Waals surface area contributed by atoms with E-state index in [-0.39, 0.29) is 0 Å². The maximum Gasteiger partial charge on any atom is 0.337 e. The van der Waals surface area contributed by atoms with Gasteiger partial charge in [0.05, 0.1) is 5.60 Å². The third-order valence-corrected chi connectivity index (χ3v) is 5.12. The molecule has 1 N–H and O–H groups in total. The lowest BCUT2D eigenvalue weighted by Gasteiger charge is -2.29. The van der Waals surface area contributed by atoms with Crippen molar-refractivity contribution in [3.63, 3.8) is 0 Å². The standard InChI is InChI=1S/C24H30O3/c1-16-15-18-13-9-10-14-19(18)21(17-11-7-5-6-8-12-17)20(16)22(23(25)26)27-24(2,3)4/h9-11,13-15,22H,5-8,12H2,1-4H3,(H,25,26). The van der Waals surface area contributed by atoms with E-state index < -0.39 is 17.7 Å². The Labute approximate surface area is 162 Å². The third-order valence-electron chi connectivity index (χ3n) is 5.12. The Morgan fingerprint density at radius 2 is 1.89 bits per heavy atom. The monoisotopic (exact) mass is 366 g/mol. The molecular weight excluding hydrogens is 336 g/mol. The fourth-order valence-corrected chi connectivity index (χ4v) is 4.02. The first-order valence-corrected chi connectivity index (χ1v) is 9.90. The van der Waals surface area contributed by atoms with Crippen molar-refractivity contribution in [2.24, 2.45) is 0 Å². The average molecular weight is 367 g/mol. The Bertz CT molecular complexity index is 871. The first kappa shape index (κ1) is 19.6. The summed E-state index contributed by atoms with van der Waals surface area (Å²) in [4.78, 5) is 12.2. The number of hydrogen-bond donors (Lipinski definition) is 1. The second-order valence-electron chi connectivity index (χ2n) is 8.48. The summed E-state index contributed by atoms with van der Waals surface area (Å²) in [6, 6.07) is 10.4. The zero-order valence-corrected chi connectivity index (χ0v) is 16.8. The molecule has 0 heterocycles. The van der Waals surface area contributed by atoms with Gasteiger partial charge in [-0.2, -0.15) is 0 Å². The van der Waals surface area contributed by atoms with Crippen LogP contribution in [0, 0.1) is 6.92 Å². The predicted molar refractivity (Wildman–Crippen MR) is 111 cm³/mol. The number of allylic oxidation sites excluding steroid dienone is 2. The topological polar surface area (TPSA) is 46.5 Å². The van der Waals surface area contributed by atoms with E-state index in [1.807, 2.05) is 39.8 Å². The van der Waals surface area contributed by atoms with Crippen LogP contribution in [0.15, 0.2) is 36.4 Å². The number of aryl methyl sites for hydroxylation is 1. The minimum Gasteiger partial charge on any atom is -0.479 e. The van der Waals surface area contributed by atoms with Gasteiger partial charge in [0.15, 0.2) is 6.10 Å². The molecule has 1 aliphatic carbocycles. The molecule has 0 saturated carbocycles. The molecule has 0 amide bonds. The lowest BCUT2D eigenvalue weighted by Crippen LogP contribution is -2.28. The first-order chi connectivity index (χ1) is 12.8. The van der Waals surface area contributed by atoms with E-state index in [0.717, 1.165) is 46.7 Å². The number of ether oxygens (including phenoxy) is 1. The van der Waals surface area contributed by atoms with Gasteiger partial charge >= 0.3 is 5.97 Å². The molecule has 0 bridgehead atoms. The van der Waals surface area contributed by atoms with Crippen molar-refractivity contribution in [1.29, 1.82) is 0 Å². The van der Waals surface area contributed by atoms with Gasteiger partial charge in [-0.3, -0.25) is 0 Å². The number of rotatable bonds is 4. The van der Waals surface area contributed by atoms with Crippen LogP contribution >= 0.6 is 0 Å². The molecule has 2 aromatic carbocycles. The van der Waals surface area contributed by atoms with Crippen LogP contribution in [0.25, 0.3) is 16.3 Å². The molecule has 0 saturated heterocycles. The Morgan fingerprint density at radius 1 is 1.15 bits per heavy atom. The summed E-state index contributed by atoms with van der Waals surface area (Å²) in [7, 11) is 0. The van der Waals surface area contributed by atoms with E-state index in [4.69, 9.17) is 4.74 Å². The van der Waals surface area contributed by atoms with Gasteiger partial charge in [0.2, 0.25) is 0 Å². The van der Waals surface area contributed by atoms with Gasteiger partial charge < -0.3 is 9.84 Å². The molecule has 2 aromatic rings. The second kappa shape index (κ2) is 7.85. The fourth-order valence-electron chi connectivity index (χ4n) is 4.02. The van der Waals surface area contributed by atoms with Crippen molar-refractivity contribution in [2.45, 2.75) is 71.5 Å². The highest BCUT2D eigenvalue weighted by Crippen LogP contribution is 2.40. The second-order valence-corrected chi connectivity index (χ2v) is 8.48. The summed E-state index contributed by atoms with van der Waals surface area (Å²) in [5.41, 5.74) is 3.58. The third kappa shape index (κ3) is 4.41. The van der Waals surface area contributed by atoms with Crippen molar-refractivity contribution in [3.8, 4) is 0 Å². The zero-order chi connectivity index (χ0) is 19.6. The normalized spacial score (nSPS) is 16.7. The number of benzene rings is 2. The smallest absolute Gasteiger partial charge is 0.337 e. The highest BCUT2D eigenvalue weighted by Gasteiger charge is 2.31. The molecule has 3 rings (SSSR count). The van der Waals surface area contributed by atoms with Gasteiger partial charge in [-0.05, 0) is 80.9 Å². The Kier molecular flexibility index (Phi) is 5.71. The van der Waals surface area contributed by atoms with Gasteiger partial charge in [-0.15, -0.1) is 0 Å². The summed E-state index contributed by atoms with van der Waals surface area (Å²) in [6.45, 7) is 7.72. The van der Waals surface area contributed by atoms with Crippen LogP contribution in [0.2, 0.25) is 0 Å². The largest absolute Gasteiger partial charge is 0.479 e. The molecule has 1 aliphatic rings. The summed E-state index contributed by atoms with van der Waals surface area (Å²) in [5, 5.41) is 12.3. The van der Waals surface area contributed by atoms with Crippen molar-refractivity contribution < 1.29 is 14.6 Å². The number of carbonyl (C=O) groups is 1. The van der Waals surface area contributed by atoms with Crippen LogP contribution in [0.1, 0.15) is 75.7 Å². The van der Waals surface area contributed by atoms with E-state index in [9.17, 15) is 9.90 Å². The van der Waals surface area contributed by atoms with Gasteiger partial charge in [-0.25, -0.2) is 4.79 Å². The molecule has 1 atom stereocenters. The molecule has 3 heteroatoms. The van der Waals surface area contributed by atoms with Gasteiger partial charge in [0.25, 0.3) is 0 Å². The van der Waals surface area contributed by atoms with Crippen LogP contribution in [0.5, 0.6) is 0 Å². The highest BCUT2D eigenvalue weighted by atomic mass is 16.5. The van der Waals surface area contributed by atoms with Gasteiger partial charge in [0, 0.05) is 5.56 Å². The molecule has 144 valence electrons. The predicted octanol–water partition coefficient (Wildman–Crippen LogP) is 6.44. The highest BCUT2D eigenvalue weighted by molar-refractivity contribution is 5.97. The minimum atomic E-state index is -0.978. The van der Waals surface area contributed by atoms with Crippen molar-refractivity contribution in [3.05, 3.63) is 53.1 Å². The lowest BCUT2D eigenvalue weighted by molar-refractivity contribution is -0.160. The molecule has 0 aromatic heterocycles. The quantitative estimate of drug-likeness (QED) is 0.677. The minimum absolute atomic E-state index is 0.545. The summed E-state index contributed by atoms with van der Waals surface area (Å²) in [6.07, 6.45) is 6.94. The van der Waals surface area contributed by atoms with E-state index >= 15 is 0 Å². The zero-order valence-electron chi connectivity index (χ0n) is 16.8. The first-order valence-electron chi connectivity index (χ1n) is 9.90. The Morgan fingerprint density at radius 3 is 2.59 bits per heavy atom. The van der Waals surface area contributed by atoms with E-state index in [1.54, 1.807) is 0 Å². The lowest BCUT2D eigenvalue weighted by atomic mass is 9.85. The van der Waals surface area contributed by atoms with Crippen LogP contribution < -0.4 is 0 Å². The van der Waals surface area contributed by atoms with Crippen molar-refractivity contribution >= 4 is 22.3 Å². The Hall–Kier alpha value is -2.13. The number of carboxylic acids is 1. The van der Waals surface area contributed by atoms with Crippen molar-refractivity contribution in [2.75, 3.05) is 0 Å². The van der Waals surface area contributed by atoms with E-state index in [1.165, 1.54) is 18.4 Å². The van der Waals surface area contributed by atoms with Crippen molar-refractivity contribution in [1.82, 2.24) is 0 Å². The van der Waals surface area contributed by atoms with Crippen LogP contribution in [0.3, 0.4) is 0 Å². The van der Waals surface area contributed by atoms with E-state index in [2.05, 4.69) is 24.3 Å². The van der Waals surface area contributed by atoms with Crippen LogP contribution in [0.4, 0.5) is 0 Å². The fraction of sp³-hybridized carbons (Fsp3) is 0.458. The molecule has 1 unspecified atom stereocenters.